The van der Waals surface area contributed by atoms with Gasteiger partial charge in [0.2, 0.25) is 0 Å². The average molecular weight is 217 g/mol. The molecule has 0 bridgehead atoms. The molecule has 1 aromatic carbocycles. The number of nitriles is 1. The topological polar surface area (TPSA) is 44.0 Å². The van der Waals surface area contributed by atoms with Crippen LogP contribution in [0, 0.1) is 17.2 Å². The summed E-state index contributed by atoms with van der Waals surface area (Å²) in [6, 6.07) is 10.1. The Bertz CT molecular complexity index is 361. The van der Waals surface area contributed by atoms with E-state index in [1.807, 2.05) is 31.2 Å². The Hall–Kier alpha value is -1.33. The molecule has 0 aliphatic heterocycles. The maximum Gasteiger partial charge on any atom is 0.0802 e. The molecule has 0 aliphatic rings. The highest BCUT2D eigenvalue weighted by Crippen LogP contribution is 2.23. The molecule has 0 amide bonds. The molecule has 0 spiro atoms. The van der Waals surface area contributed by atoms with Crippen LogP contribution in [0.4, 0.5) is 0 Å². The quantitative estimate of drug-likeness (QED) is 0.840. The van der Waals surface area contributed by atoms with Crippen LogP contribution in [0.25, 0.3) is 0 Å². The minimum absolute atomic E-state index is 0.111. The van der Waals surface area contributed by atoms with Crippen molar-refractivity contribution in [2.45, 2.75) is 39.2 Å². The van der Waals surface area contributed by atoms with E-state index in [1.165, 1.54) is 5.56 Å². The molecule has 0 fully saturated rings. The Morgan fingerprint density at radius 3 is 2.06 bits per heavy atom. The Balaban J connectivity index is 2.71. The van der Waals surface area contributed by atoms with Gasteiger partial charge in [0.25, 0.3) is 0 Å². The van der Waals surface area contributed by atoms with Gasteiger partial charge in [-0.1, -0.05) is 38.1 Å². The molecule has 2 heteroatoms. The lowest BCUT2D eigenvalue weighted by Crippen LogP contribution is -2.03. The van der Waals surface area contributed by atoms with E-state index in [9.17, 15) is 5.11 Å². The van der Waals surface area contributed by atoms with Crippen LogP contribution in [0.3, 0.4) is 0 Å². The second-order valence-electron chi connectivity index (χ2n) is 4.60. The molecule has 1 rings (SSSR count). The fourth-order valence-electron chi connectivity index (χ4n) is 1.63. The molecule has 1 aromatic rings. The Morgan fingerprint density at radius 2 is 1.62 bits per heavy atom. The molecule has 2 atom stereocenters. The zero-order valence-corrected chi connectivity index (χ0v) is 10.1. The molecule has 2 nitrogen and oxygen atoms in total. The van der Waals surface area contributed by atoms with Gasteiger partial charge in [0, 0.05) is 5.92 Å². The van der Waals surface area contributed by atoms with Gasteiger partial charge in [0.1, 0.15) is 0 Å². The number of hydrogen-bond acceptors (Lipinski definition) is 2. The third kappa shape index (κ3) is 3.36. The van der Waals surface area contributed by atoms with Crippen LogP contribution >= 0.6 is 0 Å². The van der Waals surface area contributed by atoms with Crippen LogP contribution in [0.5, 0.6) is 0 Å². The molecule has 0 radical (unpaired) electrons. The minimum Gasteiger partial charge on any atom is -0.388 e. The Morgan fingerprint density at radius 1 is 1.12 bits per heavy atom. The number of benzene rings is 1. The summed E-state index contributed by atoms with van der Waals surface area (Å²) in [7, 11) is 0. The van der Waals surface area contributed by atoms with Crippen molar-refractivity contribution in [2.75, 3.05) is 0 Å². The van der Waals surface area contributed by atoms with Gasteiger partial charge in [-0.3, -0.25) is 0 Å². The van der Waals surface area contributed by atoms with Crippen molar-refractivity contribution in [3.05, 3.63) is 35.4 Å². The highest BCUT2D eigenvalue weighted by molar-refractivity contribution is 5.26. The fraction of sp³-hybridized carbons (Fsp3) is 0.500. The van der Waals surface area contributed by atoms with Crippen molar-refractivity contribution in [1.29, 1.82) is 5.26 Å². The molecule has 0 saturated heterocycles. The van der Waals surface area contributed by atoms with Crippen molar-refractivity contribution in [3.63, 3.8) is 0 Å². The Labute approximate surface area is 97.5 Å². The van der Waals surface area contributed by atoms with Gasteiger partial charge in [0.15, 0.2) is 0 Å². The van der Waals surface area contributed by atoms with E-state index in [2.05, 4.69) is 19.9 Å². The number of rotatable bonds is 4. The van der Waals surface area contributed by atoms with Crippen molar-refractivity contribution in [1.82, 2.24) is 0 Å². The van der Waals surface area contributed by atoms with E-state index in [0.29, 0.717) is 12.3 Å². The standard InChI is InChI=1S/C14H19NO/c1-10(2)12-4-6-13(7-5-12)14(16)8-11(3)9-15/h4-7,10-11,14,16H,8H2,1-3H3. The lowest BCUT2D eigenvalue weighted by Gasteiger charge is -2.13. The largest absolute Gasteiger partial charge is 0.388 e. The maximum atomic E-state index is 9.90. The summed E-state index contributed by atoms with van der Waals surface area (Å²) in [5.74, 6) is 0.393. The lowest BCUT2D eigenvalue weighted by atomic mass is 9.96. The van der Waals surface area contributed by atoms with Crippen molar-refractivity contribution in [2.24, 2.45) is 5.92 Å². The lowest BCUT2D eigenvalue weighted by molar-refractivity contribution is 0.156. The highest BCUT2D eigenvalue weighted by atomic mass is 16.3. The van der Waals surface area contributed by atoms with Crippen molar-refractivity contribution < 1.29 is 5.11 Å². The molecule has 0 saturated carbocycles. The number of nitrogens with zero attached hydrogens (tertiary/aromatic N) is 1. The third-order valence-corrected chi connectivity index (χ3v) is 2.79. The monoisotopic (exact) mass is 217 g/mol. The van der Waals surface area contributed by atoms with Crippen LogP contribution < -0.4 is 0 Å². The molecule has 2 unspecified atom stereocenters. The van der Waals surface area contributed by atoms with E-state index < -0.39 is 6.10 Å². The minimum atomic E-state index is -0.532. The smallest absolute Gasteiger partial charge is 0.0802 e. The summed E-state index contributed by atoms with van der Waals surface area (Å²) in [5, 5.41) is 18.6. The van der Waals surface area contributed by atoms with Crippen LogP contribution in [-0.4, -0.2) is 5.11 Å². The summed E-state index contributed by atoms with van der Waals surface area (Å²) < 4.78 is 0. The fourth-order valence-corrected chi connectivity index (χ4v) is 1.63. The predicted octanol–water partition coefficient (Wildman–Crippen LogP) is 3.39. The Kier molecular flexibility index (Phi) is 4.52. The normalized spacial score (nSPS) is 14.5. The SMILES string of the molecule is CC(C#N)CC(O)c1ccc(C(C)C)cc1. The van der Waals surface area contributed by atoms with Gasteiger partial charge in [-0.05, 0) is 30.4 Å². The van der Waals surface area contributed by atoms with Crippen LogP contribution in [0.2, 0.25) is 0 Å². The summed E-state index contributed by atoms with van der Waals surface area (Å²) in [6.07, 6.45) is -0.0341. The molecule has 1 N–H and O–H groups in total. The second-order valence-corrected chi connectivity index (χ2v) is 4.60. The molecule has 0 heterocycles. The zero-order valence-electron chi connectivity index (χ0n) is 10.1. The van der Waals surface area contributed by atoms with Gasteiger partial charge >= 0.3 is 0 Å². The van der Waals surface area contributed by atoms with Crippen LogP contribution in [0.1, 0.15) is 50.3 Å². The van der Waals surface area contributed by atoms with E-state index in [4.69, 9.17) is 5.26 Å². The summed E-state index contributed by atoms with van der Waals surface area (Å²) >= 11 is 0. The van der Waals surface area contributed by atoms with Crippen LogP contribution in [0.15, 0.2) is 24.3 Å². The van der Waals surface area contributed by atoms with E-state index in [-0.39, 0.29) is 5.92 Å². The van der Waals surface area contributed by atoms with Gasteiger partial charge in [-0.2, -0.15) is 5.26 Å². The van der Waals surface area contributed by atoms with Crippen molar-refractivity contribution >= 4 is 0 Å². The zero-order chi connectivity index (χ0) is 12.1. The maximum absolute atomic E-state index is 9.90. The van der Waals surface area contributed by atoms with E-state index in [0.717, 1.165) is 5.56 Å². The van der Waals surface area contributed by atoms with Crippen LogP contribution in [-0.2, 0) is 0 Å². The second kappa shape index (κ2) is 5.67. The highest BCUT2D eigenvalue weighted by Gasteiger charge is 2.12. The number of aliphatic hydroxyl groups excluding tert-OH is 1. The van der Waals surface area contributed by atoms with E-state index >= 15 is 0 Å². The first-order valence-corrected chi connectivity index (χ1v) is 5.72. The first kappa shape index (κ1) is 12.7. The van der Waals surface area contributed by atoms with Gasteiger partial charge in [0.05, 0.1) is 12.2 Å². The average Bonchev–Trinajstić information content (AvgIpc) is 2.28. The first-order chi connectivity index (χ1) is 7.54. The number of hydrogen-bond donors (Lipinski definition) is 1. The molecule has 0 aromatic heterocycles. The van der Waals surface area contributed by atoms with E-state index in [1.54, 1.807) is 0 Å². The molecule has 16 heavy (non-hydrogen) atoms. The van der Waals surface area contributed by atoms with Crippen molar-refractivity contribution in [3.8, 4) is 6.07 Å². The predicted molar refractivity (Wildman–Crippen MR) is 64.9 cm³/mol. The first-order valence-electron chi connectivity index (χ1n) is 5.72. The van der Waals surface area contributed by atoms with Gasteiger partial charge in [-0.15, -0.1) is 0 Å². The summed E-state index contributed by atoms with van der Waals surface area (Å²) in [5.41, 5.74) is 2.16. The molecular formula is C14H19NO. The number of aliphatic hydroxyl groups is 1. The van der Waals surface area contributed by atoms with Gasteiger partial charge in [-0.25, -0.2) is 0 Å². The summed E-state index contributed by atoms with van der Waals surface area (Å²) in [6.45, 7) is 6.11. The molecule has 86 valence electrons. The molecular weight excluding hydrogens is 198 g/mol. The van der Waals surface area contributed by atoms with Gasteiger partial charge < -0.3 is 5.11 Å². The third-order valence-electron chi connectivity index (χ3n) is 2.79. The molecule has 0 aliphatic carbocycles. The summed E-state index contributed by atoms with van der Waals surface area (Å²) in [4.78, 5) is 0.